The molecule has 0 aliphatic heterocycles. The summed E-state index contributed by atoms with van der Waals surface area (Å²) in [6.07, 6.45) is 21.2. The van der Waals surface area contributed by atoms with Crippen LogP contribution in [-0.4, -0.2) is 29.8 Å². The van der Waals surface area contributed by atoms with Gasteiger partial charge in [-0.3, -0.25) is 0 Å². The highest BCUT2D eigenvalue weighted by Crippen LogP contribution is 2.18. The minimum atomic E-state index is 0.566. The van der Waals surface area contributed by atoms with E-state index in [4.69, 9.17) is 9.47 Å². The third kappa shape index (κ3) is 11.4. The van der Waals surface area contributed by atoms with Gasteiger partial charge in [0.15, 0.2) is 11.6 Å². The first-order valence-electron chi connectivity index (χ1n) is 12.6. The maximum Gasteiger partial charge on any atom is 0.159 e. The van der Waals surface area contributed by atoms with Gasteiger partial charge in [0, 0.05) is 18.8 Å². The van der Waals surface area contributed by atoms with Gasteiger partial charge in [-0.15, -0.1) is 0 Å². The van der Waals surface area contributed by atoms with Crippen molar-refractivity contribution in [2.45, 2.75) is 84.5 Å². The predicted molar refractivity (Wildman–Crippen MR) is 134 cm³/mol. The third-order valence-electron chi connectivity index (χ3n) is 5.43. The fraction of sp³-hybridized carbons (Fsp3) is 0.571. The summed E-state index contributed by atoms with van der Waals surface area (Å²) in [5, 5.41) is 0. The van der Waals surface area contributed by atoms with Gasteiger partial charge in [-0.1, -0.05) is 82.4 Å². The number of allylic oxidation sites excluding steroid dienone is 1. The molecule has 0 unspecified atom stereocenters. The highest BCUT2D eigenvalue weighted by Gasteiger charge is 2.03. The second-order valence-corrected chi connectivity index (χ2v) is 8.35. The lowest BCUT2D eigenvalue weighted by Crippen LogP contribution is -1.96. The number of rotatable bonds is 18. The van der Waals surface area contributed by atoms with Gasteiger partial charge < -0.3 is 9.47 Å². The van der Waals surface area contributed by atoms with Gasteiger partial charge in [-0.05, 0) is 44.1 Å². The molecule has 0 spiro atoms. The molecule has 0 amide bonds. The van der Waals surface area contributed by atoms with Crippen LogP contribution < -0.4 is 4.74 Å². The van der Waals surface area contributed by atoms with E-state index < -0.39 is 0 Å². The fourth-order valence-electron chi connectivity index (χ4n) is 3.51. The molecule has 1 heterocycles. The lowest BCUT2D eigenvalue weighted by atomic mass is 10.0. The Balaban J connectivity index is 1.64. The average Bonchev–Trinajstić information content (AvgIpc) is 2.83. The maximum atomic E-state index is 5.72. The van der Waals surface area contributed by atoms with Crippen LogP contribution in [0, 0.1) is 0 Å². The summed E-state index contributed by atoms with van der Waals surface area (Å²) in [6.45, 7) is 6.75. The summed E-state index contributed by atoms with van der Waals surface area (Å²) < 4.78 is 11.2. The van der Waals surface area contributed by atoms with E-state index in [0.29, 0.717) is 12.4 Å². The summed E-state index contributed by atoms with van der Waals surface area (Å²) in [7, 11) is 0. The summed E-state index contributed by atoms with van der Waals surface area (Å²) in [6, 6.07) is 8.62. The molecule has 0 aliphatic rings. The smallest absolute Gasteiger partial charge is 0.159 e. The molecule has 2 aromatic rings. The SMILES string of the molecule is CCCCCCC=CCOc1cnc(-c2ccc(CCCCCCOCCC)cc2)nc1. The molecule has 1 aromatic carbocycles. The molecular weight excluding hydrogens is 396 g/mol. The zero-order chi connectivity index (χ0) is 22.7. The largest absolute Gasteiger partial charge is 0.486 e. The Morgan fingerprint density at radius 3 is 2.25 bits per heavy atom. The Hall–Kier alpha value is -2.20. The van der Waals surface area contributed by atoms with Gasteiger partial charge in [0.25, 0.3) is 0 Å². The minimum absolute atomic E-state index is 0.566. The van der Waals surface area contributed by atoms with E-state index in [1.165, 1.54) is 56.9 Å². The van der Waals surface area contributed by atoms with E-state index >= 15 is 0 Å². The number of nitrogens with zero attached hydrogens (tertiary/aromatic N) is 2. The molecule has 4 heteroatoms. The molecule has 0 bridgehead atoms. The van der Waals surface area contributed by atoms with Crippen molar-refractivity contribution in [1.29, 1.82) is 0 Å². The molecular formula is C28H42N2O2. The van der Waals surface area contributed by atoms with Crippen LogP contribution in [0.1, 0.15) is 83.6 Å². The number of unbranched alkanes of at least 4 members (excludes halogenated alkanes) is 7. The predicted octanol–water partition coefficient (Wildman–Crippen LogP) is 7.58. The molecule has 32 heavy (non-hydrogen) atoms. The van der Waals surface area contributed by atoms with Crippen molar-refractivity contribution in [3.8, 4) is 17.1 Å². The molecule has 0 atom stereocenters. The van der Waals surface area contributed by atoms with Crippen molar-refractivity contribution < 1.29 is 9.47 Å². The number of aryl methyl sites for hydroxylation is 1. The fourth-order valence-corrected chi connectivity index (χ4v) is 3.51. The minimum Gasteiger partial charge on any atom is -0.486 e. The summed E-state index contributed by atoms with van der Waals surface area (Å²) in [5.41, 5.74) is 2.41. The van der Waals surface area contributed by atoms with Crippen LogP contribution in [0.5, 0.6) is 5.75 Å². The van der Waals surface area contributed by atoms with E-state index in [1.54, 1.807) is 12.4 Å². The van der Waals surface area contributed by atoms with Crippen molar-refractivity contribution >= 4 is 0 Å². The van der Waals surface area contributed by atoms with Crippen molar-refractivity contribution in [3.63, 3.8) is 0 Å². The molecule has 176 valence electrons. The zero-order valence-corrected chi connectivity index (χ0v) is 20.2. The van der Waals surface area contributed by atoms with E-state index in [-0.39, 0.29) is 0 Å². The lowest BCUT2D eigenvalue weighted by molar-refractivity contribution is 0.130. The number of benzene rings is 1. The van der Waals surface area contributed by atoms with E-state index in [9.17, 15) is 0 Å². The number of hydrogen-bond donors (Lipinski definition) is 0. The Kier molecular flexibility index (Phi) is 14.1. The number of aromatic nitrogens is 2. The van der Waals surface area contributed by atoms with Gasteiger partial charge in [0.05, 0.1) is 12.4 Å². The van der Waals surface area contributed by atoms with Gasteiger partial charge >= 0.3 is 0 Å². The molecule has 1 aromatic heterocycles. The highest BCUT2D eigenvalue weighted by molar-refractivity contribution is 5.55. The van der Waals surface area contributed by atoms with Crippen molar-refractivity contribution in [2.24, 2.45) is 0 Å². The number of ether oxygens (including phenoxy) is 2. The molecule has 4 nitrogen and oxygen atoms in total. The Labute approximate surface area is 195 Å². The zero-order valence-electron chi connectivity index (χ0n) is 20.2. The molecule has 0 aliphatic carbocycles. The summed E-state index contributed by atoms with van der Waals surface area (Å²) in [4.78, 5) is 8.94. The van der Waals surface area contributed by atoms with Gasteiger partial charge in [-0.25, -0.2) is 9.97 Å². The Morgan fingerprint density at radius 1 is 0.750 bits per heavy atom. The first-order chi connectivity index (χ1) is 15.8. The normalized spacial score (nSPS) is 11.3. The van der Waals surface area contributed by atoms with Crippen LogP contribution in [0.4, 0.5) is 0 Å². The van der Waals surface area contributed by atoms with Gasteiger partial charge in [0.2, 0.25) is 0 Å². The van der Waals surface area contributed by atoms with Crippen molar-refractivity contribution in [2.75, 3.05) is 19.8 Å². The monoisotopic (exact) mass is 438 g/mol. The Morgan fingerprint density at radius 2 is 1.50 bits per heavy atom. The van der Waals surface area contributed by atoms with Gasteiger partial charge in [0.1, 0.15) is 6.61 Å². The van der Waals surface area contributed by atoms with Gasteiger partial charge in [-0.2, -0.15) is 0 Å². The average molecular weight is 439 g/mol. The van der Waals surface area contributed by atoms with Crippen LogP contribution in [0.25, 0.3) is 11.4 Å². The molecule has 0 fully saturated rings. The lowest BCUT2D eigenvalue weighted by Gasteiger charge is -2.06. The Bertz CT molecular complexity index is 726. The van der Waals surface area contributed by atoms with Crippen LogP contribution in [0.3, 0.4) is 0 Å². The van der Waals surface area contributed by atoms with Crippen molar-refractivity contribution in [1.82, 2.24) is 9.97 Å². The van der Waals surface area contributed by atoms with Crippen LogP contribution in [0.15, 0.2) is 48.8 Å². The summed E-state index contributed by atoms with van der Waals surface area (Å²) in [5.74, 6) is 1.45. The maximum absolute atomic E-state index is 5.72. The topological polar surface area (TPSA) is 44.2 Å². The van der Waals surface area contributed by atoms with Crippen LogP contribution in [-0.2, 0) is 11.2 Å². The standard InChI is InChI=1S/C28H42N2O2/c1-3-5-6-7-8-10-14-22-32-27-23-29-28(30-24-27)26-18-16-25(17-19-26)15-12-9-11-13-21-31-20-4-2/h10,14,16-19,23-24H,3-9,11-13,15,20-22H2,1-2H3. The quantitative estimate of drug-likeness (QED) is 0.178. The molecule has 2 rings (SSSR count). The van der Waals surface area contributed by atoms with Crippen LogP contribution >= 0.6 is 0 Å². The van der Waals surface area contributed by atoms with Crippen LogP contribution in [0.2, 0.25) is 0 Å². The number of hydrogen-bond acceptors (Lipinski definition) is 4. The molecule has 0 saturated heterocycles. The second-order valence-electron chi connectivity index (χ2n) is 8.35. The first-order valence-corrected chi connectivity index (χ1v) is 12.6. The van der Waals surface area contributed by atoms with Crippen molar-refractivity contribution in [3.05, 3.63) is 54.4 Å². The first kappa shape index (κ1) is 26.1. The molecule has 0 saturated carbocycles. The van der Waals surface area contributed by atoms with E-state index in [2.05, 4.69) is 60.2 Å². The molecule has 0 radical (unpaired) electrons. The van der Waals surface area contributed by atoms with E-state index in [0.717, 1.165) is 43.9 Å². The second kappa shape index (κ2) is 17.4. The highest BCUT2D eigenvalue weighted by atomic mass is 16.5. The van der Waals surface area contributed by atoms with E-state index in [1.807, 2.05) is 0 Å². The molecule has 0 N–H and O–H groups in total. The summed E-state index contributed by atoms with van der Waals surface area (Å²) >= 11 is 0. The third-order valence-corrected chi connectivity index (χ3v) is 5.43.